The van der Waals surface area contributed by atoms with Crippen LogP contribution in [-0.4, -0.2) is 60.3 Å². The molecule has 2 aromatic carbocycles. The quantitative estimate of drug-likeness (QED) is 0.744. The Labute approximate surface area is 167 Å². The van der Waals surface area contributed by atoms with Crippen molar-refractivity contribution in [2.45, 2.75) is 6.92 Å². The van der Waals surface area contributed by atoms with E-state index in [1.54, 1.807) is 26.2 Å². The summed E-state index contributed by atoms with van der Waals surface area (Å²) in [5, 5.41) is 0. The molecule has 1 aliphatic rings. The van der Waals surface area contributed by atoms with Gasteiger partial charge in [-0.25, -0.2) is 0 Å². The monoisotopic (exact) mass is 384 g/mol. The summed E-state index contributed by atoms with van der Waals surface area (Å²) in [5.41, 5.74) is 3.06. The summed E-state index contributed by atoms with van der Waals surface area (Å²) in [5.74, 6) is 1.82. The predicted octanol–water partition coefficient (Wildman–Crippen LogP) is 2.19. The van der Waals surface area contributed by atoms with E-state index in [0.29, 0.717) is 17.2 Å². The zero-order valence-corrected chi connectivity index (χ0v) is 17.2. The van der Waals surface area contributed by atoms with Gasteiger partial charge in [-0.1, -0.05) is 0 Å². The molecule has 0 spiro atoms. The first kappa shape index (κ1) is 20.0. The minimum absolute atomic E-state index is 0.580. The molecule has 0 radical (unpaired) electrons. The Balaban J connectivity index is 1.71. The van der Waals surface area contributed by atoms with Crippen molar-refractivity contribution >= 4 is 17.6 Å². The fourth-order valence-corrected chi connectivity index (χ4v) is 3.51. The zero-order valence-electron chi connectivity index (χ0n) is 17.2. The van der Waals surface area contributed by atoms with Gasteiger partial charge in [-0.2, -0.15) is 0 Å². The maximum Gasteiger partial charge on any atom is 0.203 e. The molecule has 6 nitrogen and oxygen atoms in total. The lowest BCUT2D eigenvalue weighted by molar-refractivity contribution is -0.898. The molecule has 0 saturated carbocycles. The van der Waals surface area contributed by atoms with Gasteiger partial charge in [0.25, 0.3) is 0 Å². The minimum Gasteiger partial charge on any atom is -0.493 e. The average Bonchev–Trinajstić information content (AvgIpc) is 2.77. The molecule has 28 heavy (non-hydrogen) atoms. The lowest BCUT2D eigenvalue weighted by Gasteiger charge is -2.33. The van der Waals surface area contributed by atoms with Crippen molar-refractivity contribution < 1.29 is 19.1 Å². The lowest BCUT2D eigenvalue weighted by Crippen LogP contribution is -3.14. The molecule has 0 bridgehead atoms. The number of hydrogen-bond donors (Lipinski definition) is 1. The van der Waals surface area contributed by atoms with E-state index in [4.69, 9.17) is 14.2 Å². The van der Waals surface area contributed by atoms with Gasteiger partial charge in [0.1, 0.15) is 0 Å². The first-order valence-electron chi connectivity index (χ1n) is 9.71. The fraction of sp³-hybridized carbons (Fsp3) is 0.409. The van der Waals surface area contributed by atoms with Crippen molar-refractivity contribution in [3.8, 4) is 17.2 Å². The molecule has 0 unspecified atom stereocenters. The SMILES string of the molecule is CC[NH+]1CCN(c2ccc(N=Cc3cc(OC)c(OC)c(OC)c3)cc2)CC1. The van der Waals surface area contributed by atoms with Gasteiger partial charge in [0, 0.05) is 17.5 Å². The second-order valence-electron chi connectivity index (χ2n) is 6.82. The smallest absolute Gasteiger partial charge is 0.203 e. The first-order chi connectivity index (χ1) is 13.7. The van der Waals surface area contributed by atoms with E-state index < -0.39 is 0 Å². The van der Waals surface area contributed by atoms with Crippen LogP contribution in [0.15, 0.2) is 41.4 Å². The Morgan fingerprint density at radius 2 is 1.57 bits per heavy atom. The summed E-state index contributed by atoms with van der Waals surface area (Å²) < 4.78 is 16.2. The predicted molar refractivity (Wildman–Crippen MR) is 113 cm³/mol. The normalized spacial score (nSPS) is 15.1. The molecule has 2 aromatic rings. The van der Waals surface area contributed by atoms with E-state index in [0.717, 1.165) is 24.3 Å². The molecule has 1 fully saturated rings. The van der Waals surface area contributed by atoms with Crippen LogP contribution >= 0.6 is 0 Å². The van der Waals surface area contributed by atoms with Crippen molar-refractivity contribution in [2.24, 2.45) is 4.99 Å². The summed E-state index contributed by atoms with van der Waals surface area (Å²) in [6.45, 7) is 8.09. The third-order valence-corrected chi connectivity index (χ3v) is 5.24. The standard InChI is InChI=1S/C22H29N3O3/c1-5-24-10-12-25(13-11-24)19-8-6-18(7-9-19)23-16-17-14-20(26-2)22(28-4)21(15-17)27-3/h6-9,14-16H,5,10-13H2,1-4H3/p+1. The van der Waals surface area contributed by atoms with Crippen molar-refractivity contribution in [3.63, 3.8) is 0 Å². The van der Waals surface area contributed by atoms with Gasteiger partial charge in [-0.05, 0) is 43.3 Å². The Hall–Kier alpha value is -2.73. The molecule has 1 saturated heterocycles. The number of rotatable bonds is 7. The van der Waals surface area contributed by atoms with Crippen LogP contribution < -0.4 is 24.0 Å². The Bertz CT molecular complexity index is 772. The molecule has 1 aliphatic heterocycles. The van der Waals surface area contributed by atoms with Crippen LogP contribution in [0, 0.1) is 0 Å². The van der Waals surface area contributed by atoms with E-state index in [2.05, 4.69) is 41.1 Å². The number of aliphatic imine (C=N–C) groups is 1. The summed E-state index contributed by atoms with van der Waals surface area (Å²) in [6, 6.07) is 12.2. The molecule has 0 amide bonds. The Morgan fingerprint density at radius 1 is 0.964 bits per heavy atom. The number of nitrogens with one attached hydrogen (secondary N) is 1. The number of likely N-dealkylation sites (N-methyl/N-ethyl adjacent to an activating group) is 1. The highest BCUT2D eigenvalue weighted by molar-refractivity contribution is 5.84. The Morgan fingerprint density at radius 3 is 2.07 bits per heavy atom. The van der Waals surface area contributed by atoms with Crippen LogP contribution in [0.1, 0.15) is 12.5 Å². The number of piperazine rings is 1. The maximum atomic E-state index is 5.40. The molecule has 0 aromatic heterocycles. The highest BCUT2D eigenvalue weighted by atomic mass is 16.5. The molecule has 3 rings (SSSR count). The maximum absolute atomic E-state index is 5.40. The van der Waals surface area contributed by atoms with Crippen LogP contribution in [0.4, 0.5) is 11.4 Å². The van der Waals surface area contributed by atoms with Crippen LogP contribution in [-0.2, 0) is 0 Å². The number of quaternary nitrogens is 1. The van der Waals surface area contributed by atoms with Gasteiger partial charge in [0.05, 0.1) is 59.7 Å². The number of nitrogens with zero attached hydrogens (tertiary/aromatic N) is 2. The fourth-order valence-electron chi connectivity index (χ4n) is 3.51. The first-order valence-corrected chi connectivity index (χ1v) is 9.71. The molecule has 150 valence electrons. The van der Waals surface area contributed by atoms with Crippen molar-refractivity contribution in [1.29, 1.82) is 0 Å². The third-order valence-electron chi connectivity index (χ3n) is 5.24. The van der Waals surface area contributed by atoms with Gasteiger partial charge in [-0.3, -0.25) is 4.99 Å². The van der Waals surface area contributed by atoms with Crippen LogP contribution in [0.2, 0.25) is 0 Å². The van der Waals surface area contributed by atoms with Gasteiger partial charge in [-0.15, -0.1) is 0 Å². The molecule has 0 atom stereocenters. The van der Waals surface area contributed by atoms with Gasteiger partial charge in [0.15, 0.2) is 11.5 Å². The summed E-state index contributed by atoms with van der Waals surface area (Å²) in [4.78, 5) is 8.73. The summed E-state index contributed by atoms with van der Waals surface area (Å²) >= 11 is 0. The van der Waals surface area contributed by atoms with Gasteiger partial charge in [0.2, 0.25) is 5.75 Å². The minimum atomic E-state index is 0.580. The average molecular weight is 385 g/mol. The summed E-state index contributed by atoms with van der Waals surface area (Å²) in [7, 11) is 4.82. The van der Waals surface area contributed by atoms with Gasteiger partial charge >= 0.3 is 0 Å². The molecule has 1 N–H and O–H groups in total. The lowest BCUT2D eigenvalue weighted by atomic mass is 10.2. The molecular formula is C22H30N3O3+. The van der Waals surface area contributed by atoms with Crippen molar-refractivity contribution in [1.82, 2.24) is 0 Å². The van der Waals surface area contributed by atoms with E-state index in [-0.39, 0.29) is 0 Å². The van der Waals surface area contributed by atoms with E-state index in [1.165, 1.54) is 25.3 Å². The van der Waals surface area contributed by atoms with Crippen molar-refractivity contribution in [3.05, 3.63) is 42.0 Å². The highest BCUT2D eigenvalue weighted by Gasteiger charge is 2.18. The largest absolute Gasteiger partial charge is 0.493 e. The van der Waals surface area contributed by atoms with Crippen LogP contribution in [0.3, 0.4) is 0 Å². The van der Waals surface area contributed by atoms with E-state index in [1.807, 2.05) is 18.3 Å². The molecule has 1 heterocycles. The molecule has 6 heteroatoms. The Kier molecular flexibility index (Phi) is 6.76. The van der Waals surface area contributed by atoms with Crippen LogP contribution in [0.5, 0.6) is 17.2 Å². The van der Waals surface area contributed by atoms with Crippen molar-refractivity contribution in [2.75, 3.05) is 59.0 Å². The summed E-state index contributed by atoms with van der Waals surface area (Å²) in [6.07, 6.45) is 1.81. The topological polar surface area (TPSA) is 47.7 Å². The van der Waals surface area contributed by atoms with E-state index >= 15 is 0 Å². The number of anilines is 1. The third kappa shape index (κ3) is 4.57. The molecule has 0 aliphatic carbocycles. The highest BCUT2D eigenvalue weighted by Crippen LogP contribution is 2.37. The number of hydrogen-bond acceptors (Lipinski definition) is 5. The number of benzene rings is 2. The van der Waals surface area contributed by atoms with Gasteiger partial charge < -0.3 is 24.0 Å². The molecular weight excluding hydrogens is 354 g/mol. The number of methoxy groups -OCH3 is 3. The number of ether oxygens (including phenoxy) is 3. The second kappa shape index (κ2) is 9.46. The second-order valence-corrected chi connectivity index (χ2v) is 6.82. The zero-order chi connectivity index (χ0) is 19.9. The van der Waals surface area contributed by atoms with E-state index in [9.17, 15) is 0 Å². The van der Waals surface area contributed by atoms with Crippen LogP contribution in [0.25, 0.3) is 0 Å².